The fourth-order valence-corrected chi connectivity index (χ4v) is 1.45. The first-order chi connectivity index (χ1) is 9.02. The largest absolute Gasteiger partial charge is 0.379 e. The summed E-state index contributed by atoms with van der Waals surface area (Å²) in [4.78, 5) is 23.6. The predicted molar refractivity (Wildman–Crippen MR) is 76.8 cm³/mol. The van der Waals surface area contributed by atoms with Crippen molar-refractivity contribution in [1.82, 2.24) is 5.32 Å². The minimum absolute atomic E-state index is 0.000710. The van der Waals surface area contributed by atoms with Gasteiger partial charge >= 0.3 is 0 Å². The Labute approximate surface area is 115 Å². The number of hydrogen-bond donors (Lipinski definition) is 1. The lowest BCUT2D eigenvalue weighted by molar-refractivity contribution is -0.130. The number of Topliss-reactive ketones (excluding diaryl/α,β-unsaturated/α-hetero) is 1. The zero-order valence-corrected chi connectivity index (χ0v) is 12.3. The van der Waals surface area contributed by atoms with E-state index in [4.69, 9.17) is 4.74 Å². The highest BCUT2D eigenvalue weighted by Gasteiger charge is 2.22. The smallest absolute Gasteiger partial charge is 0.224 e. The lowest BCUT2D eigenvalue weighted by Crippen LogP contribution is -2.45. The van der Waals surface area contributed by atoms with Crippen LogP contribution in [0.5, 0.6) is 0 Å². The van der Waals surface area contributed by atoms with E-state index in [0.717, 1.165) is 0 Å². The molecule has 1 amide bonds. The quantitative estimate of drug-likeness (QED) is 0.652. The van der Waals surface area contributed by atoms with Crippen molar-refractivity contribution in [2.45, 2.75) is 40.2 Å². The third-order valence-electron chi connectivity index (χ3n) is 2.48. The Morgan fingerprint density at radius 1 is 1.26 bits per heavy atom. The molecule has 4 heteroatoms. The molecule has 0 aromatic heterocycles. The molecule has 19 heavy (non-hydrogen) atoms. The van der Waals surface area contributed by atoms with E-state index in [0.29, 0.717) is 6.61 Å². The molecule has 0 aromatic rings. The van der Waals surface area contributed by atoms with Gasteiger partial charge in [0.1, 0.15) is 6.04 Å². The zero-order valence-electron chi connectivity index (χ0n) is 12.3. The van der Waals surface area contributed by atoms with E-state index in [1.165, 1.54) is 0 Å². The molecule has 4 nitrogen and oxygen atoms in total. The summed E-state index contributed by atoms with van der Waals surface area (Å²) < 4.78 is 5.25. The molecule has 0 fully saturated rings. The van der Waals surface area contributed by atoms with Crippen LogP contribution in [0.4, 0.5) is 0 Å². The molecule has 0 unspecified atom stereocenters. The molecule has 0 aliphatic carbocycles. The number of rotatable bonds is 9. The van der Waals surface area contributed by atoms with E-state index >= 15 is 0 Å². The van der Waals surface area contributed by atoms with E-state index in [9.17, 15) is 9.59 Å². The number of carbonyl (C=O) groups is 2. The number of ether oxygens (including phenoxy) is 1. The zero-order chi connectivity index (χ0) is 14.7. The fourth-order valence-electron chi connectivity index (χ4n) is 1.45. The first-order valence-corrected chi connectivity index (χ1v) is 6.71. The van der Waals surface area contributed by atoms with Gasteiger partial charge in [-0.05, 0) is 13.8 Å². The van der Waals surface area contributed by atoms with Crippen LogP contribution in [0.15, 0.2) is 24.3 Å². The maximum atomic E-state index is 11.9. The fraction of sp³-hybridized carbons (Fsp3) is 0.600. The summed E-state index contributed by atoms with van der Waals surface area (Å²) in [5.74, 6) is -0.289. The molecule has 0 aromatic carbocycles. The third kappa shape index (κ3) is 8.32. The summed E-state index contributed by atoms with van der Waals surface area (Å²) >= 11 is 0. The van der Waals surface area contributed by atoms with Gasteiger partial charge in [-0.25, -0.2) is 0 Å². The van der Waals surface area contributed by atoms with Crippen LogP contribution in [0.3, 0.4) is 0 Å². The maximum absolute atomic E-state index is 11.9. The average Bonchev–Trinajstić information content (AvgIpc) is 2.38. The van der Waals surface area contributed by atoms with Crippen LogP contribution in [0.25, 0.3) is 0 Å². The molecule has 1 N–H and O–H groups in total. The van der Waals surface area contributed by atoms with Crippen molar-refractivity contribution >= 4 is 11.7 Å². The highest BCUT2D eigenvalue weighted by Crippen LogP contribution is 2.01. The number of carbonyl (C=O) groups excluding carboxylic acids is 2. The van der Waals surface area contributed by atoms with Crippen molar-refractivity contribution in [3.05, 3.63) is 24.3 Å². The van der Waals surface area contributed by atoms with Gasteiger partial charge in [0.2, 0.25) is 5.91 Å². The van der Waals surface area contributed by atoms with Crippen molar-refractivity contribution in [2.24, 2.45) is 5.92 Å². The molecule has 0 radical (unpaired) electrons. The van der Waals surface area contributed by atoms with Crippen LogP contribution in [-0.2, 0) is 14.3 Å². The highest BCUT2D eigenvalue weighted by molar-refractivity contribution is 5.90. The van der Waals surface area contributed by atoms with Gasteiger partial charge in [-0.3, -0.25) is 9.59 Å². The molecule has 0 spiro atoms. The standard InChI is InChI=1S/C15H25NO3/c1-5-7-8-9-10-14(17)16-13(11-19-6-2)15(18)12(3)4/h5,7-9,12-13H,6,10-11H2,1-4H3,(H,16,17)/t13-/m0/s1. The van der Waals surface area contributed by atoms with Crippen LogP contribution in [0, 0.1) is 5.92 Å². The van der Waals surface area contributed by atoms with E-state index in [1.807, 2.05) is 39.8 Å². The number of hydrogen-bond acceptors (Lipinski definition) is 3. The number of ketones is 1. The van der Waals surface area contributed by atoms with Crippen LogP contribution in [-0.4, -0.2) is 30.9 Å². The molecule has 0 heterocycles. The van der Waals surface area contributed by atoms with Crippen molar-refractivity contribution < 1.29 is 14.3 Å². The molecule has 0 bridgehead atoms. The first kappa shape index (κ1) is 17.6. The molecule has 0 saturated carbocycles. The van der Waals surface area contributed by atoms with Gasteiger partial charge in [0.25, 0.3) is 0 Å². The van der Waals surface area contributed by atoms with E-state index in [1.54, 1.807) is 12.2 Å². The lowest BCUT2D eigenvalue weighted by atomic mass is 10.0. The molecule has 108 valence electrons. The average molecular weight is 267 g/mol. The molecular formula is C15H25NO3. The summed E-state index contributed by atoms with van der Waals surface area (Å²) in [6.45, 7) is 8.16. The SMILES string of the molecule is CC=CC=CCC(=O)N[C@@H](COCC)C(=O)C(C)C. The predicted octanol–water partition coefficient (Wildman–Crippen LogP) is 2.26. The first-order valence-electron chi connectivity index (χ1n) is 6.71. The van der Waals surface area contributed by atoms with Gasteiger partial charge in [0.05, 0.1) is 6.61 Å². The summed E-state index contributed by atoms with van der Waals surface area (Å²) in [5, 5.41) is 2.72. The minimum atomic E-state index is -0.553. The molecule has 0 aliphatic rings. The van der Waals surface area contributed by atoms with Crippen LogP contribution < -0.4 is 5.32 Å². The van der Waals surface area contributed by atoms with Crippen molar-refractivity contribution in [3.63, 3.8) is 0 Å². The van der Waals surface area contributed by atoms with Gasteiger partial charge in [-0.2, -0.15) is 0 Å². The van der Waals surface area contributed by atoms with E-state index in [-0.39, 0.29) is 30.6 Å². The summed E-state index contributed by atoms with van der Waals surface area (Å²) in [6, 6.07) is -0.553. The summed E-state index contributed by atoms with van der Waals surface area (Å²) in [5.41, 5.74) is 0. The molecule has 0 saturated heterocycles. The molecule has 1 atom stereocenters. The minimum Gasteiger partial charge on any atom is -0.379 e. The Bertz CT molecular complexity index is 332. The normalized spacial score (nSPS) is 13.3. The number of allylic oxidation sites excluding steroid dienone is 3. The second-order valence-electron chi connectivity index (χ2n) is 4.49. The molecule has 0 rings (SSSR count). The number of nitrogens with one attached hydrogen (secondary N) is 1. The highest BCUT2D eigenvalue weighted by atomic mass is 16.5. The number of amides is 1. The third-order valence-corrected chi connectivity index (χ3v) is 2.48. The van der Waals surface area contributed by atoms with Crippen molar-refractivity contribution in [3.8, 4) is 0 Å². The van der Waals surface area contributed by atoms with E-state index in [2.05, 4.69) is 5.32 Å². The second-order valence-corrected chi connectivity index (χ2v) is 4.49. The van der Waals surface area contributed by atoms with Gasteiger partial charge in [0.15, 0.2) is 5.78 Å². The van der Waals surface area contributed by atoms with E-state index < -0.39 is 6.04 Å². The summed E-state index contributed by atoms with van der Waals surface area (Å²) in [7, 11) is 0. The van der Waals surface area contributed by atoms with Crippen molar-refractivity contribution in [2.75, 3.05) is 13.2 Å². The Morgan fingerprint density at radius 2 is 1.95 bits per heavy atom. The maximum Gasteiger partial charge on any atom is 0.224 e. The second kappa shape index (κ2) is 10.5. The Hall–Kier alpha value is -1.42. The molecular weight excluding hydrogens is 242 g/mol. The van der Waals surface area contributed by atoms with Gasteiger partial charge < -0.3 is 10.1 Å². The van der Waals surface area contributed by atoms with Gasteiger partial charge in [-0.1, -0.05) is 38.2 Å². The summed E-state index contributed by atoms with van der Waals surface area (Å²) in [6.07, 6.45) is 7.56. The van der Waals surface area contributed by atoms with Gasteiger partial charge in [-0.15, -0.1) is 0 Å². The van der Waals surface area contributed by atoms with Crippen LogP contribution in [0.2, 0.25) is 0 Å². The molecule has 0 aliphatic heterocycles. The monoisotopic (exact) mass is 267 g/mol. The topological polar surface area (TPSA) is 55.4 Å². The van der Waals surface area contributed by atoms with Gasteiger partial charge in [0, 0.05) is 18.9 Å². The van der Waals surface area contributed by atoms with Crippen molar-refractivity contribution in [1.29, 1.82) is 0 Å². The van der Waals surface area contributed by atoms with Crippen LogP contribution >= 0.6 is 0 Å². The van der Waals surface area contributed by atoms with Crippen LogP contribution in [0.1, 0.15) is 34.1 Å². The Morgan fingerprint density at radius 3 is 2.47 bits per heavy atom. The Kier molecular flexibility index (Phi) is 9.71. The lowest BCUT2D eigenvalue weighted by Gasteiger charge is -2.19. The Balaban J connectivity index is 4.37.